The summed E-state index contributed by atoms with van der Waals surface area (Å²) in [6, 6.07) is 1.31. The van der Waals surface area contributed by atoms with Gasteiger partial charge in [0.25, 0.3) is 0 Å². The summed E-state index contributed by atoms with van der Waals surface area (Å²) in [5.74, 6) is -0.0697. The summed E-state index contributed by atoms with van der Waals surface area (Å²) in [7, 11) is -1.37. The molecule has 0 aliphatic rings. The maximum atomic E-state index is 11.2. The predicted octanol–water partition coefficient (Wildman–Crippen LogP) is 7.42. The van der Waals surface area contributed by atoms with E-state index in [1.807, 2.05) is 6.92 Å². The summed E-state index contributed by atoms with van der Waals surface area (Å²) in [6.45, 7) is 10.3. The fourth-order valence-corrected chi connectivity index (χ4v) is 5.15. The first-order chi connectivity index (χ1) is 13.0. The third-order valence-corrected chi connectivity index (χ3v) is 7.41. The van der Waals surface area contributed by atoms with E-state index in [0.29, 0.717) is 13.0 Å². The van der Waals surface area contributed by atoms with Gasteiger partial charge in [0.1, 0.15) is 0 Å². The second-order valence-corrected chi connectivity index (χ2v) is 12.5. The Morgan fingerprint density at radius 2 is 1.41 bits per heavy atom. The highest BCUT2D eigenvalue weighted by Gasteiger charge is 2.20. The molecule has 0 spiro atoms. The van der Waals surface area contributed by atoms with Crippen molar-refractivity contribution in [3.63, 3.8) is 0 Å². The van der Waals surface area contributed by atoms with E-state index in [0.717, 1.165) is 19.4 Å². The van der Waals surface area contributed by atoms with Crippen molar-refractivity contribution >= 4 is 14.3 Å². The molecule has 0 unspecified atom stereocenters. The molecule has 0 rings (SSSR count). The number of rotatable bonds is 19. The van der Waals surface area contributed by atoms with Crippen LogP contribution in [0, 0.1) is 0 Å². The van der Waals surface area contributed by atoms with Crippen molar-refractivity contribution in [2.75, 3.05) is 13.2 Å². The molecule has 27 heavy (non-hydrogen) atoms. The van der Waals surface area contributed by atoms with Gasteiger partial charge in [0.05, 0.1) is 6.61 Å². The first-order valence-electron chi connectivity index (χ1n) is 11.5. The second kappa shape index (κ2) is 18.7. The standard InChI is InChI=1S/C23H46O3Si/c1-5-7-22-27(3,4)26-21-19-17-15-13-11-9-8-10-12-14-16-18-20-23(24)25-6-2/h12,14H,5-11,13,15-22H2,1-4H3. The van der Waals surface area contributed by atoms with Crippen LogP contribution in [0.25, 0.3) is 0 Å². The maximum Gasteiger partial charge on any atom is 0.305 e. The van der Waals surface area contributed by atoms with E-state index in [-0.39, 0.29) is 5.97 Å². The van der Waals surface area contributed by atoms with Crippen LogP contribution in [0.3, 0.4) is 0 Å². The molecule has 160 valence electrons. The molecule has 0 N–H and O–H groups in total. The molecule has 0 amide bonds. The molecule has 0 bridgehead atoms. The fraction of sp³-hybridized carbons (Fsp3) is 0.870. The van der Waals surface area contributed by atoms with E-state index in [2.05, 4.69) is 32.2 Å². The number of esters is 1. The number of carbonyl (C=O) groups is 1. The lowest BCUT2D eigenvalue weighted by Crippen LogP contribution is -2.30. The van der Waals surface area contributed by atoms with Gasteiger partial charge in [-0.1, -0.05) is 64.0 Å². The quantitative estimate of drug-likeness (QED) is 0.0982. The van der Waals surface area contributed by atoms with Gasteiger partial charge in [0, 0.05) is 13.0 Å². The second-order valence-electron chi connectivity index (χ2n) is 8.14. The van der Waals surface area contributed by atoms with E-state index in [9.17, 15) is 4.79 Å². The van der Waals surface area contributed by atoms with Gasteiger partial charge in [-0.2, -0.15) is 0 Å². The highest BCUT2D eigenvalue weighted by Crippen LogP contribution is 2.16. The Hall–Kier alpha value is -0.613. The fourth-order valence-electron chi connectivity index (χ4n) is 3.10. The lowest BCUT2D eigenvalue weighted by atomic mass is 10.1. The minimum atomic E-state index is -1.37. The lowest BCUT2D eigenvalue weighted by Gasteiger charge is -2.22. The van der Waals surface area contributed by atoms with Crippen molar-refractivity contribution in [1.82, 2.24) is 0 Å². The minimum Gasteiger partial charge on any atom is -0.466 e. The summed E-state index contributed by atoms with van der Waals surface area (Å²) in [5, 5.41) is 0. The van der Waals surface area contributed by atoms with Gasteiger partial charge < -0.3 is 9.16 Å². The molecule has 3 nitrogen and oxygen atoms in total. The van der Waals surface area contributed by atoms with Gasteiger partial charge in [-0.05, 0) is 58.2 Å². The molecule has 0 aliphatic carbocycles. The molecule has 0 saturated heterocycles. The predicted molar refractivity (Wildman–Crippen MR) is 120 cm³/mol. The summed E-state index contributed by atoms with van der Waals surface area (Å²) in [6.07, 6.45) is 19.9. The zero-order chi connectivity index (χ0) is 20.2. The Bertz CT molecular complexity index is 367. The molecular formula is C23H46O3Si. The van der Waals surface area contributed by atoms with Crippen LogP contribution in [-0.4, -0.2) is 27.5 Å². The maximum absolute atomic E-state index is 11.2. The zero-order valence-corrected chi connectivity index (χ0v) is 19.7. The van der Waals surface area contributed by atoms with E-state index in [4.69, 9.17) is 9.16 Å². The van der Waals surface area contributed by atoms with Gasteiger partial charge in [-0.15, -0.1) is 0 Å². The van der Waals surface area contributed by atoms with Crippen LogP contribution in [0.1, 0.15) is 97.3 Å². The van der Waals surface area contributed by atoms with Gasteiger partial charge in [-0.25, -0.2) is 0 Å². The molecule has 0 aromatic carbocycles. The Morgan fingerprint density at radius 3 is 2.04 bits per heavy atom. The summed E-state index contributed by atoms with van der Waals surface area (Å²) in [5.41, 5.74) is 0. The molecule has 0 atom stereocenters. The number of unbranched alkanes of at least 4 members (excludes halogenated alkanes) is 9. The lowest BCUT2D eigenvalue weighted by molar-refractivity contribution is -0.143. The van der Waals surface area contributed by atoms with Crippen LogP contribution in [0.2, 0.25) is 19.1 Å². The molecule has 0 aromatic heterocycles. The van der Waals surface area contributed by atoms with E-state index < -0.39 is 8.32 Å². The van der Waals surface area contributed by atoms with Crippen molar-refractivity contribution in [2.45, 2.75) is 116 Å². The molecule has 0 radical (unpaired) electrons. The summed E-state index contributed by atoms with van der Waals surface area (Å²) in [4.78, 5) is 11.2. The van der Waals surface area contributed by atoms with Gasteiger partial charge in [0.15, 0.2) is 8.32 Å². The first-order valence-corrected chi connectivity index (χ1v) is 14.6. The Morgan fingerprint density at radius 1 is 0.815 bits per heavy atom. The van der Waals surface area contributed by atoms with Crippen LogP contribution >= 0.6 is 0 Å². The SMILES string of the molecule is CCCC[Si](C)(C)OCCCCCCCCCC=CCCCC(=O)OCC. The Kier molecular flexibility index (Phi) is 18.3. The number of allylic oxidation sites excluding steroid dienone is 2. The summed E-state index contributed by atoms with van der Waals surface area (Å²) < 4.78 is 11.1. The van der Waals surface area contributed by atoms with Gasteiger partial charge in [-0.3, -0.25) is 4.79 Å². The smallest absolute Gasteiger partial charge is 0.305 e. The number of hydrogen-bond acceptors (Lipinski definition) is 3. The average Bonchev–Trinajstić information content (AvgIpc) is 2.63. The van der Waals surface area contributed by atoms with Crippen LogP contribution in [0.15, 0.2) is 12.2 Å². The largest absolute Gasteiger partial charge is 0.466 e. The highest BCUT2D eigenvalue weighted by molar-refractivity contribution is 6.71. The first kappa shape index (κ1) is 26.4. The molecule has 0 aliphatic heterocycles. The molecule has 0 aromatic rings. The molecule has 0 heterocycles. The van der Waals surface area contributed by atoms with Gasteiger partial charge in [0.2, 0.25) is 0 Å². The normalized spacial score (nSPS) is 12.0. The van der Waals surface area contributed by atoms with Crippen molar-refractivity contribution in [2.24, 2.45) is 0 Å². The third kappa shape index (κ3) is 19.9. The number of ether oxygens (including phenoxy) is 1. The Labute approximate surface area is 170 Å². The Balaban J connectivity index is 3.29. The van der Waals surface area contributed by atoms with E-state index in [1.54, 1.807) is 0 Å². The topological polar surface area (TPSA) is 35.5 Å². The van der Waals surface area contributed by atoms with Crippen LogP contribution < -0.4 is 0 Å². The molecular weight excluding hydrogens is 352 g/mol. The van der Waals surface area contributed by atoms with Crippen LogP contribution in [0.5, 0.6) is 0 Å². The highest BCUT2D eigenvalue weighted by atomic mass is 28.4. The van der Waals surface area contributed by atoms with E-state index in [1.165, 1.54) is 70.3 Å². The minimum absolute atomic E-state index is 0.0697. The van der Waals surface area contributed by atoms with Crippen molar-refractivity contribution in [3.8, 4) is 0 Å². The average molecular weight is 399 g/mol. The van der Waals surface area contributed by atoms with E-state index >= 15 is 0 Å². The zero-order valence-electron chi connectivity index (χ0n) is 18.7. The van der Waals surface area contributed by atoms with Gasteiger partial charge >= 0.3 is 5.97 Å². The van der Waals surface area contributed by atoms with Crippen molar-refractivity contribution in [1.29, 1.82) is 0 Å². The molecule has 4 heteroatoms. The third-order valence-electron chi connectivity index (χ3n) is 4.86. The number of carbonyl (C=O) groups excluding carboxylic acids is 1. The monoisotopic (exact) mass is 398 g/mol. The van der Waals surface area contributed by atoms with Crippen LogP contribution in [0.4, 0.5) is 0 Å². The molecule has 0 saturated carbocycles. The molecule has 0 fully saturated rings. The number of hydrogen-bond donors (Lipinski definition) is 0. The summed E-state index contributed by atoms with van der Waals surface area (Å²) >= 11 is 0. The van der Waals surface area contributed by atoms with Crippen molar-refractivity contribution in [3.05, 3.63) is 12.2 Å². The van der Waals surface area contributed by atoms with Crippen LogP contribution in [-0.2, 0) is 14.0 Å². The van der Waals surface area contributed by atoms with Crippen molar-refractivity contribution < 1.29 is 14.0 Å².